The molecule has 0 aliphatic rings. The minimum absolute atomic E-state index is 0.0834. The van der Waals surface area contributed by atoms with Crippen LogP contribution in [-0.4, -0.2) is 35.6 Å². The lowest BCUT2D eigenvalue weighted by Crippen LogP contribution is -2.25. The number of hydrogen-bond donors (Lipinski definition) is 3. The first-order valence-corrected chi connectivity index (χ1v) is 5.51. The number of rotatable bonds is 5. The molecule has 0 atom stereocenters. The number of amides is 1. The Morgan fingerprint density at radius 1 is 1.60 bits per heavy atom. The summed E-state index contributed by atoms with van der Waals surface area (Å²) in [5.41, 5.74) is 1.33. The van der Waals surface area contributed by atoms with Gasteiger partial charge in [-0.3, -0.25) is 4.79 Å². The van der Waals surface area contributed by atoms with Gasteiger partial charge in [0, 0.05) is 20.2 Å². The molecular formula is C9H15N3O2S. The van der Waals surface area contributed by atoms with Crippen LogP contribution in [0.15, 0.2) is 0 Å². The van der Waals surface area contributed by atoms with E-state index in [-0.39, 0.29) is 12.5 Å². The topological polar surface area (TPSA) is 74.2 Å². The number of aromatic nitrogens is 1. The van der Waals surface area contributed by atoms with E-state index in [4.69, 9.17) is 5.11 Å². The Hall–Kier alpha value is -1.14. The molecule has 15 heavy (non-hydrogen) atoms. The standard InChI is InChI=1S/C9H15N3O2S/c1-6-7(9(10-2)15-12-6)8(14)11-4-3-5-13/h10,13H,3-5H2,1-2H3,(H,11,14). The van der Waals surface area contributed by atoms with Crippen LogP contribution in [0.2, 0.25) is 0 Å². The number of nitrogens with zero attached hydrogens (tertiary/aromatic N) is 1. The molecule has 0 radical (unpaired) electrons. The number of nitrogens with one attached hydrogen (secondary N) is 2. The number of aliphatic hydroxyl groups is 1. The zero-order valence-corrected chi connectivity index (χ0v) is 9.65. The molecular weight excluding hydrogens is 214 g/mol. The van der Waals surface area contributed by atoms with Crippen LogP contribution in [0.1, 0.15) is 22.5 Å². The molecule has 0 fully saturated rings. The molecule has 84 valence electrons. The van der Waals surface area contributed by atoms with E-state index in [1.807, 2.05) is 0 Å². The van der Waals surface area contributed by atoms with Crippen molar-refractivity contribution in [1.82, 2.24) is 9.69 Å². The minimum atomic E-state index is -0.140. The van der Waals surface area contributed by atoms with Gasteiger partial charge in [-0.05, 0) is 24.9 Å². The molecule has 0 aliphatic heterocycles. The highest BCUT2D eigenvalue weighted by molar-refractivity contribution is 7.10. The monoisotopic (exact) mass is 229 g/mol. The predicted molar refractivity (Wildman–Crippen MR) is 60.4 cm³/mol. The molecule has 0 aromatic carbocycles. The number of carbonyl (C=O) groups excluding carboxylic acids is 1. The third kappa shape index (κ3) is 2.90. The summed E-state index contributed by atoms with van der Waals surface area (Å²) >= 11 is 1.27. The van der Waals surface area contributed by atoms with E-state index in [2.05, 4.69) is 15.0 Å². The van der Waals surface area contributed by atoms with E-state index < -0.39 is 0 Å². The van der Waals surface area contributed by atoms with Crippen molar-refractivity contribution in [3.05, 3.63) is 11.3 Å². The lowest BCUT2D eigenvalue weighted by Gasteiger charge is -2.05. The molecule has 0 aliphatic carbocycles. The fourth-order valence-corrected chi connectivity index (χ4v) is 1.92. The van der Waals surface area contributed by atoms with Crippen molar-refractivity contribution in [2.75, 3.05) is 25.5 Å². The highest BCUT2D eigenvalue weighted by atomic mass is 32.1. The number of anilines is 1. The lowest BCUT2D eigenvalue weighted by atomic mass is 10.2. The number of carbonyl (C=O) groups is 1. The summed E-state index contributed by atoms with van der Waals surface area (Å²) in [5.74, 6) is -0.140. The summed E-state index contributed by atoms with van der Waals surface area (Å²) in [7, 11) is 1.76. The largest absolute Gasteiger partial charge is 0.396 e. The predicted octanol–water partition coefficient (Wildman–Crippen LogP) is 0.605. The van der Waals surface area contributed by atoms with Crippen LogP contribution in [0, 0.1) is 6.92 Å². The molecule has 0 unspecified atom stereocenters. The van der Waals surface area contributed by atoms with Gasteiger partial charge in [-0.15, -0.1) is 0 Å². The van der Waals surface area contributed by atoms with Gasteiger partial charge in [0.25, 0.3) is 5.91 Å². The number of hydrogen-bond acceptors (Lipinski definition) is 5. The van der Waals surface area contributed by atoms with E-state index in [1.165, 1.54) is 11.5 Å². The van der Waals surface area contributed by atoms with Gasteiger partial charge in [-0.25, -0.2) is 0 Å². The summed E-state index contributed by atoms with van der Waals surface area (Å²) in [6.45, 7) is 2.37. The summed E-state index contributed by atoms with van der Waals surface area (Å²) in [4.78, 5) is 11.7. The Morgan fingerprint density at radius 3 is 2.93 bits per heavy atom. The summed E-state index contributed by atoms with van der Waals surface area (Å²) in [6, 6.07) is 0. The van der Waals surface area contributed by atoms with Crippen molar-refractivity contribution in [2.24, 2.45) is 0 Å². The summed E-state index contributed by atoms with van der Waals surface area (Å²) in [5, 5.41) is 15.0. The summed E-state index contributed by atoms with van der Waals surface area (Å²) in [6.07, 6.45) is 0.567. The molecule has 1 rings (SSSR count). The van der Waals surface area contributed by atoms with Crippen LogP contribution in [0.25, 0.3) is 0 Å². The molecule has 1 heterocycles. The van der Waals surface area contributed by atoms with Crippen molar-refractivity contribution in [3.8, 4) is 0 Å². The van der Waals surface area contributed by atoms with Crippen LogP contribution < -0.4 is 10.6 Å². The fourth-order valence-electron chi connectivity index (χ4n) is 1.18. The highest BCUT2D eigenvalue weighted by Gasteiger charge is 2.16. The maximum Gasteiger partial charge on any atom is 0.256 e. The first-order valence-electron chi connectivity index (χ1n) is 4.73. The quantitative estimate of drug-likeness (QED) is 0.647. The third-order valence-electron chi connectivity index (χ3n) is 1.94. The van der Waals surface area contributed by atoms with Gasteiger partial charge in [0.2, 0.25) is 0 Å². The van der Waals surface area contributed by atoms with Gasteiger partial charge >= 0.3 is 0 Å². The van der Waals surface area contributed by atoms with Gasteiger partial charge < -0.3 is 15.7 Å². The SMILES string of the molecule is CNc1snc(C)c1C(=O)NCCCO. The Morgan fingerprint density at radius 2 is 2.33 bits per heavy atom. The molecule has 6 heteroatoms. The Labute approximate surface area is 92.7 Å². The maximum absolute atomic E-state index is 11.7. The van der Waals surface area contributed by atoms with Gasteiger partial charge in [0.05, 0.1) is 11.3 Å². The van der Waals surface area contributed by atoms with Crippen molar-refractivity contribution in [3.63, 3.8) is 0 Å². The molecule has 1 amide bonds. The van der Waals surface area contributed by atoms with Crippen molar-refractivity contribution < 1.29 is 9.90 Å². The molecule has 1 aromatic rings. The first kappa shape index (κ1) is 11.9. The third-order valence-corrected chi connectivity index (χ3v) is 2.89. The molecule has 1 aromatic heterocycles. The first-order chi connectivity index (χ1) is 7.20. The average Bonchev–Trinajstić information content (AvgIpc) is 2.59. The van der Waals surface area contributed by atoms with E-state index in [9.17, 15) is 4.79 Å². The van der Waals surface area contributed by atoms with Crippen LogP contribution >= 0.6 is 11.5 Å². The van der Waals surface area contributed by atoms with E-state index >= 15 is 0 Å². The normalized spacial score (nSPS) is 10.1. The lowest BCUT2D eigenvalue weighted by molar-refractivity contribution is 0.0951. The van der Waals surface area contributed by atoms with Crippen molar-refractivity contribution >= 4 is 22.4 Å². The number of aliphatic hydroxyl groups excluding tert-OH is 1. The van der Waals surface area contributed by atoms with Crippen LogP contribution in [0.3, 0.4) is 0 Å². The highest BCUT2D eigenvalue weighted by Crippen LogP contribution is 2.23. The summed E-state index contributed by atoms with van der Waals surface area (Å²) < 4.78 is 4.11. The van der Waals surface area contributed by atoms with Crippen LogP contribution in [-0.2, 0) is 0 Å². The molecule has 0 saturated heterocycles. The van der Waals surface area contributed by atoms with Gasteiger partial charge in [-0.1, -0.05) is 0 Å². The van der Waals surface area contributed by atoms with Gasteiger partial charge in [0.15, 0.2) is 0 Å². The molecule has 0 bridgehead atoms. The van der Waals surface area contributed by atoms with Crippen LogP contribution in [0.4, 0.5) is 5.00 Å². The second-order valence-corrected chi connectivity index (χ2v) is 3.83. The smallest absolute Gasteiger partial charge is 0.256 e. The maximum atomic E-state index is 11.7. The zero-order valence-electron chi connectivity index (χ0n) is 8.83. The van der Waals surface area contributed by atoms with E-state index in [0.29, 0.717) is 18.5 Å². The average molecular weight is 229 g/mol. The van der Waals surface area contributed by atoms with Gasteiger partial charge in [0.1, 0.15) is 5.00 Å². The Bertz CT molecular complexity index is 338. The molecule has 0 spiro atoms. The van der Waals surface area contributed by atoms with Crippen molar-refractivity contribution in [2.45, 2.75) is 13.3 Å². The van der Waals surface area contributed by atoms with Crippen LogP contribution in [0.5, 0.6) is 0 Å². The second-order valence-electron chi connectivity index (χ2n) is 3.06. The Kier molecular flexibility index (Phi) is 4.51. The minimum Gasteiger partial charge on any atom is -0.396 e. The van der Waals surface area contributed by atoms with Crippen molar-refractivity contribution in [1.29, 1.82) is 0 Å². The molecule has 0 saturated carbocycles. The second kappa shape index (κ2) is 5.67. The molecule has 5 nitrogen and oxygen atoms in total. The Balaban J connectivity index is 2.67. The van der Waals surface area contributed by atoms with Gasteiger partial charge in [-0.2, -0.15) is 4.37 Å². The zero-order chi connectivity index (χ0) is 11.3. The molecule has 3 N–H and O–H groups in total. The van der Waals surface area contributed by atoms with E-state index in [0.717, 1.165) is 10.7 Å². The fraction of sp³-hybridized carbons (Fsp3) is 0.556. The van der Waals surface area contributed by atoms with E-state index in [1.54, 1.807) is 14.0 Å². The number of aryl methyl sites for hydroxylation is 1.